The molecular weight excluding hydrogens is 204 g/mol. The lowest BCUT2D eigenvalue weighted by molar-refractivity contribution is 0.563. The lowest BCUT2D eigenvalue weighted by Crippen LogP contribution is -1.85. The molecule has 0 heteroatoms. The third-order valence-electron chi connectivity index (χ3n) is 3.44. The fourth-order valence-electron chi connectivity index (χ4n) is 2.29. The van der Waals surface area contributed by atoms with E-state index in [4.69, 9.17) is 0 Å². The van der Waals surface area contributed by atoms with Gasteiger partial charge in [-0.3, -0.25) is 0 Å². The van der Waals surface area contributed by atoms with E-state index in [1.165, 1.54) is 70.6 Å². The zero-order valence-corrected chi connectivity index (χ0v) is 12.5. The number of hydrogen-bond acceptors (Lipinski definition) is 0. The van der Waals surface area contributed by atoms with E-state index < -0.39 is 0 Å². The maximum Gasteiger partial charge on any atom is -0.0305 e. The summed E-state index contributed by atoms with van der Waals surface area (Å²) in [6.07, 6.45) is 19.9. The second-order valence-electron chi connectivity index (χ2n) is 5.07. The highest BCUT2D eigenvalue weighted by Gasteiger charge is 1.95. The van der Waals surface area contributed by atoms with Crippen LogP contribution in [0, 0.1) is 6.08 Å². The van der Waals surface area contributed by atoms with E-state index in [0.717, 1.165) is 6.42 Å². The Morgan fingerprint density at radius 1 is 0.706 bits per heavy atom. The molecule has 0 unspecified atom stereocenters. The summed E-state index contributed by atoms with van der Waals surface area (Å²) in [5.74, 6) is 0. The van der Waals surface area contributed by atoms with Crippen LogP contribution in [0.15, 0.2) is 5.57 Å². The van der Waals surface area contributed by atoms with Gasteiger partial charge in [-0.2, -0.15) is 0 Å². The molecule has 0 saturated heterocycles. The van der Waals surface area contributed by atoms with Crippen LogP contribution in [0.3, 0.4) is 0 Å². The number of rotatable bonds is 12. The fourth-order valence-corrected chi connectivity index (χ4v) is 2.29. The maximum absolute atomic E-state index is 3.47. The van der Waals surface area contributed by atoms with Gasteiger partial charge in [0, 0.05) is 0 Å². The molecule has 0 aromatic rings. The molecule has 0 spiro atoms. The van der Waals surface area contributed by atoms with Gasteiger partial charge in [0.05, 0.1) is 0 Å². The van der Waals surface area contributed by atoms with Crippen molar-refractivity contribution in [3.05, 3.63) is 11.6 Å². The summed E-state index contributed by atoms with van der Waals surface area (Å²) in [4.78, 5) is 0. The minimum atomic E-state index is 1.08. The van der Waals surface area contributed by atoms with E-state index in [0.29, 0.717) is 0 Å². The largest absolute Gasteiger partial charge is 0.0670 e. The van der Waals surface area contributed by atoms with Gasteiger partial charge in [-0.05, 0) is 31.8 Å². The van der Waals surface area contributed by atoms with Gasteiger partial charge in [0.15, 0.2) is 0 Å². The van der Waals surface area contributed by atoms with Crippen molar-refractivity contribution in [3.63, 3.8) is 0 Å². The van der Waals surface area contributed by atoms with Crippen LogP contribution in [0.2, 0.25) is 0 Å². The summed E-state index contributed by atoms with van der Waals surface area (Å²) < 4.78 is 0. The molecule has 0 rings (SSSR count). The van der Waals surface area contributed by atoms with Gasteiger partial charge >= 0.3 is 0 Å². The van der Waals surface area contributed by atoms with E-state index in [1.54, 1.807) is 5.57 Å². The van der Waals surface area contributed by atoms with E-state index in [1.807, 2.05) is 0 Å². The van der Waals surface area contributed by atoms with Crippen LogP contribution < -0.4 is 0 Å². The first kappa shape index (κ1) is 16.7. The lowest BCUT2D eigenvalue weighted by Gasteiger charge is -2.04. The standard InChI is InChI=1S/C17H33/c1-4-7-8-9-10-11-12-13-14-16-17(6-3)15-5-2/h4-14,16H2,1-3H3. The predicted octanol–water partition coefficient (Wildman–Crippen LogP) is 6.46. The highest BCUT2D eigenvalue weighted by molar-refractivity contribution is 4.95. The zero-order chi connectivity index (χ0) is 12.8. The summed E-state index contributed by atoms with van der Waals surface area (Å²) >= 11 is 0. The van der Waals surface area contributed by atoms with Gasteiger partial charge in [-0.15, -0.1) is 0 Å². The van der Waals surface area contributed by atoms with Crippen molar-refractivity contribution < 1.29 is 0 Å². The Hall–Kier alpha value is -0.260. The third-order valence-corrected chi connectivity index (χ3v) is 3.44. The van der Waals surface area contributed by atoms with Crippen LogP contribution in [0.25, 0.3) is 0 Å². The minimum absolute atomic E-state index is 1.08. The summed E-state index contributed by atoms with van der Waals surface area (Å²) in [6.45, 7) is 6.73. The van der Waals surface area contributed by atoms with Gasteiger partial charge in [0.2, 0.25) is 0 Å². The van der Waals surface area contributed by atoms with E-state index in [2.05, 4.69) is 26.8 Å². The topological polar surface area (TPSA) is 0 Å². The van der Waals surface area contributed by atoms with Gasteiger partial charge in [0.25, 0.3) is 0 Å². The van der Waals surface area contributed by atoms with Crippen LogP contribution >= 0.6 is 0 Å². The van der Waals surface area contributed by atoms with Crippen molar-refractivity contribution in [3.8, 4) is 0 Å². The Morgan fingerprint density at radius 2 is 1.24 bits per heavy atom. The molecule has 101 valence electrons. The van der Waals surface area contributed by atoms with Crippen LogP contribution in [0.5, 0.6) is 0 Å². The molecule has 0 nitrogen and oxygen atoms in total. The highest BCUT2D eigenvalue weighted by Crippen LogP contribution is 2.15. The Labute approximate surface area is 110 Å². The van der Waals surface area contributed by atoms with Crippen LogP contribution in [0.4, 0.5) is 0 Å². The van der Waals surface area contributed by atoms with Crippen molar-refractivity contribution in [2.45, 2.75) is 97.8 Å². The van der Waals surface area contributed by atoms with Crippen molar-refractivity contribution >= 4 is 0 Å². The van der Waals surface area contributed by atoms with Gasteiger partial charge in [-0.25, -0.2) is 0 Å². The second kappa shape index (κ2) is 13.8. The Bertz CT molecular complexity index is 167. The molecule has 0 aromatic heterocycles. The fraction of sp³-hybridized carbons (Fsp3) is 0.882. The van der Waals surface area contributed by atoms with Crippen molar-refractivity contribution in [1.82, 2.24) is 0 Å². The van der Waals surface area contributed by atoms with Gasteiger partial charge in [-0.1, -0.05) is 77.7 Å². The Kier molecular flexibility index (Phi) is 13.6. The quantitative estimate of drug-likeness (QED) is 0.342. The second-order valence-corrected chi connectivity index (χ2v) is 5.07. The van der Waals surface area contributed by atoms with Crippen molar-refractivity contribution in [2.75, 3.05) is 0 Å². The van der Waals surface area contributed by atoms with Crippen molar-refractivity contribution in [2.24, 2.45) is 0 Å². The molecule has 17 heavy (non-hydrogen) atoms. The molecule has 0 amide bonds. The number of unbranched alkanes of at least 4 members (excludes halogenated alkanes) is 8. The average Bonchev–Trinajstić information content (AvgIpc) is 2.35. The van der Waals surface area contributed by atoms with Crippen molar-refractivity contribution in [1.29, 1.82) is 0 Å². The van der Waals surface area contributed by atoms with Crippen LogP contribution in [-0.2, 0) is 0 Å². The van der Waals surface area contributed by atoms with Crippen LogP contribution in [-0.4, -0.2) is 0 Å². The number of hydrogen-bond donors (Lipinski definition) is 0. The molecule has 0 heterocycles. The molecule has 0 aromatic carbocycles. The smallest absolute Gasteiger partial charge is 0.0305 e. The normalized spacial score (nSPS) is 12.1. The maximum atomic E-state index is 3.47. The molecule has 0 atom stereocenters. The van der Waals surface area contributed by atoms with E-state index in [-0.39, 0.29) is 0 Å². The first-order chi connectivity index (χ1) is 8.35. The first-order valence-corrected chi connectivity index (χ1v) is 7.93. The summed E-state index contributed by atoms with van der Waals surface area (Å²) in [5.41, 5.74) is 1.55. The molecule has 0 bridgehead atoms. The molecule has 0 N–H and O–H groups in total. The predicted molar refractivity (Wildman–Crippen MR) is 79.2 cm³/mol. The Morgan fingerprint density at radius 3 is 1.71 bits per heavy atom. The molecule has 0 aliphatic heterocycles. The minimum Gasteiger partial charge on any atom is -0.0670 e. The van der Waals surface area contributed by atoms with E-state index in [9.17, 15) is 0 Å². The zero-order valence-electron chi connectivity index (χ0n) is 12.5. The molecule has 1 radical (unpaired) electrons. The monoisotopic (exact) mass is 237 g/mol. The summed E-state index contributed by atoms with van der Waals surface area (Å²) in [6, 6.07) is 0. The van der Waals surface area contributed by atoms with Crippen LogP contribution in [0.1, 0.15) is 97.8 Å². The number of allylic oxidation sites excluding steroid dienone is 2. The highest BCUT2D eigenvalue weighted by atomic mass is 14.0. The first-order valence-electron chi connectivity index (χ1n) is 7.93. The molecular formula is C17H33. The lowest BCUT2D eigenvalue weighted by atomic mass is 10.0. The summed E-state index contributed by atoms with van der Waals surface area (Å²) in [5, 5.41) is 0. The summed E-state index contributed by atoms with van der Waals surface area (Å²) in [7, 11) is 0. The molecule has 0 aliphatic rings. The molecule has 0 saturated carbocycles. The molecule has 0 aliphatic carbocycles. The molecule has 0 fully saturated rings. The van der Waals surface area contributed by atoms with Gasteiger partial charge in [0.1, 0.15) is 0 Å². The SMILES string of the molecule is CC/[C]=C(/CC)CCCCCCCCCCC. The van der Waals surface area contributed by atoms with Gasteiger partial charge < -0.3 is 0 Å². The average molecular weight is 237 g/mol. The third kappa shape index (κ3) is 12.0. The van der Waals surface area contributed by atoms with E-state index >= 15 is 0 Å². The Balaban J connectivity index is 3.20.